The van der Waals surface area contributed by atoms with Crippen molar-refractivity contribution in [2.75, 3.05) is 46.0 Å². The Bertz CT molecular complexity index is 490. The summed E-state index contributed by atoms with van der Waals surface area (Å²) in [6.45, 7) is 7.05. The molecule has 1 N–H and O–H groups in total. The number of morpholine rings is 1. The van der Waals surface area contributed by atoms with E-state index in [2.05, 4.69) is 33.1 Å². The molecule has 1 fully saturated rings. The summed E-state index contributed by atoms with van der Waals surface area (Å²) in [5.74, 6) is 0.597. The van der Waals surface area contributed by atoms with Gasteiger partial charge in [-0.25, -0.2) is 0 Å². The molecule has 0 unspecified atom stereocenters. The van der Waals surface area contributed by atoms with Crippen molar-refractivity contribution >= 4 is 21.8 Å². The second-order valence-electron chi connectivity index (χ2n) is 5.21. The number of ether oxygens (including phenoxy) is 2. The van der Waals surface area contributed by atoms with Crippen LogP contribution in [0.2, 0.25) is 0 Å². The minimum absolute atomic E-state index is 0.0349. The van der Waals surface area contributed by atoms with Gasteiger partial charge in [0.2, 0.25) is 0 Å². The highest BCUT2D eigenvalue weighted by molar-refractivity contribution is 9.10. The van der Waals surface area contributed by atoms with Crippen LogP contribution in [0.1, 0.15) is 12.5 Å². The first-order valence-corrected chi connectivity index (χ1v) is 8.46. The van der Waals surface area contributed by atoms with Crippen molar-refractivity contribution < 1.29 is 14.3 Å². The third kappa shape index (κ3) is 5.59. The SMILES string of the molecule is CCc1ccc(OCC(=O)NCCN2CCOCC2)c(Br)c1. The van der Waals surface area contributed by atoms with Crippen molar-refractivity contribution in [2.24, 2.45) is 0 Å². The van der Waals surface area contributed by atoms with Crippen LogP contribution in [0, 0.1) is 0 Å². The summed E-state index contributed by atoms with van der Waals surface area (Å²) in [6.07, 6.45) is 0.973. The standard InChI is InChI=1S/C16H23BrN2O3/c1-2-13-3-4-15(14(17)11-13)22-12-16(20)18-5-6-19-7-9-21-10-8-19/h3-4,11H,2,5-10,12H2,1H3,(H,18,20). The molecule has 0 aromatic heterocycles. The van der Waals surface area contributed by atoms with E-state index in [0.29, 0.717) is 12.3 Å². The minimum atomic E-state index is -0.0975. The summed E-state index contributed by atoms with van der Waals surface area (Å²) in [4.78, 5) is 14.1. The van der Waals surface area contributed by atoms with E-state index in [1.807, 2.05) is 18.2 Å². The number of rotatable bonds is 7. The van der Waals surface area contributed by atoms with Crippen molar-refractivity contribution in [1.82, 2.24) is 10.2 Å². The molecular formula is C16H23BrN2O3. The molecule has 122 valence electrons. The number of nitrogens with one attached hydrogen (secondary N) is 1. The normalized spacial score (nSPS) is 15.5. The minimum Gasteiger partial charge on any atom is -0.483 e. The average molecular weight is 371 g/mol. The molecular weight excluding hydrogens is 348 g/mol. The van der Waals surface area contributed by atoms with Gasteiger partial charge in [-0.05, 0) is 40.0 Å². The molecule has 2 rings (SSSR count). The molecule has 1 aliphatic rings. The number of halogens is 1. The zero-order chi connectivity index (χ0) is 15.8. The first-order chi connectivity index (χ1) is 10.7. The van der Waals surface area contributed by atoms with E-state index in [0.717, 1.165) is 43.7 Å². The van der Waals surface area contributed by atoms with E-state index in [-0.39, 0.29) is 12.5 Å². The van der Waals surface area contributed by atoms with Crippen LogP contribution in [-0.2, 0) is 16.0 Å². The Hall–Kier alpha value is -1.11. The topological polar surface area (TPSA) is 50.8 Å². The lowest BCUT2D eigenvalue weighted by molar-refractivity contribution is -0.123. The van der Waals surface area contributed by atoms with E-state index in [1.165, 1.54) is 5.56 Å². The molecule has 1 aliphatic heterocycles. The predicted molar refractivity (Wildman–Crippen MR) is 89.3 cm³/mol. The summed E-state index contributed by atoms with van der Waals surface area (Å²) in [6, 6.07) is 5.92. The molecule has 0 atom stereocenters. The van der Waals surface area contributed by atoms with Gasteiger partial charge >= 0.3 is 0 Å². The summed E-state index contributed by atoms with van der Waals surface area (Å²) >= 11 is 3.47. The molecule has 1 aromatic carbocycles. The number of carbonyl (C=O) groups excluding carboxylic acids is 1. The Kier molecular flexibility index (Phi) is 7.15. The van der Waals surface area contributed by atoms with Crippen molar-refractivity contribution in [3.8, 4) is 5.75 Å². The van der Waals surface area contributed by atoms with Crippen molar-refractivity contribution in [2.45, 2.75) is 13.3 Å². The lowest BCUT2D eigenvalue weighted by atomic mass is 10.2. The van der Waals surface area contributed by atoms with Gasteiger partial charge in [-0.1, -0.05) is 13.0 Å². The summed E-state index contributed by atoms with van der Waals surface area (Å²) in [7, 11) is 0. The third-order valence-electron chi connectivity index (χ3n) is 3.62. The maximum atomic E-state index is 11.8. The maximum Gasteiger partial charge on any atom is 0.257 e. The molecule has 1 amide bonds. The van der Waals surface area contributed by atoms with Gasteiger partial charge in [0.25, 0.3) is 5.91 Å². The third-order valence-corrected chi connectivity index (χ3v) is 4.24. The molecule has 0 radical (unpaired) electrons. The molecule has 1 heterocycles. The Balaban J connectivity index is 1.66. The fraction of sp³-hybridized carbons (Fsp3) is 0.562. The molecule has 0 spiro atoms. The van der Waals surface area contributed by atoms with Crippen LogP contribution in [0.3, 0.4) is 0 Å². The summed E-state index contributed by atoms with van der Waals surface area (Å²) < 4.78 is 11.7. The summed E-state index contributed by atoms with van der Waals surface area (Å²) in [5, 5.41) is 2.88. The Morgan fingerprint density at radius 3 is 2.86 bits per heavy atom. The van der Waals surface area contributed by atoms with Gasteiger partial charge in [0.1, 0.15) is 5.75 Å². The number of aryl methyl sites for hydroxylation is 1. The highest BCUT2D eigenvalue weighted by Crippen LogP contribution is 2.26. The second-order valence-corrected chi connectivity index (χ2v) is 6.07. The monoisotopic (exact) mass is 370 g/mol. The van der Waals surface area contributed by atoms with Gasteiger partial charge in [0.05, 0.1) is 17.7 Å². The Morgan fingerprint density at radius 1 is 1.41 bits per heavy atom. The van der Waals surface area contributed by atoms with Crippen LogP contribution in [0.25, 0.3) is 0 Å². The van der Waals surface area contributed by atoms with Gasteiger partial charge < -0.3 is 14.8 Å². The van der Waals surface area contributed by atoms with E-state index in [4.69, 9.17) is 9.47 Å². The zero-order valence-electron chi connectivity index (χ0n) is 12.9. The molecule has 1 saturated heterocycles. The molecule has 6 heteroatoms. The highest BCUT2D eigenvalue weighted by atomic mass is 79.9. The van der Waals surface area contributed by atoms with E-state index in [1.54, 1.807) is 0 Å². The van der Waals surface area contributed by atoms with E-state index < -0.39 is 0 Å². The van der Waals surface area contributed by atoms with Crippen LogP contribution >= 0.6 is 15.9 Å². The number of hydrogen-bond acceptors (Lipinski definition) is 4. The van der Waals surface area contributed by atoms with Crippen LogP contribution in [0.5, 0.6) is 5.75 Å². The van der Waals surface area contributed by atoms with Gasteiger partial charge in [0.15, 0.2) is 6.61 Å². The van der Waals surface area contributed by atoms with Gasteiger partial charge in [0, 0.05) is 26.2 Å². The smallest absolute Gasteiger partial charge is 0.257 e. The zero-order valence-corrected chi connectivity index (χ0v) is 14.5. The average Bonchev–Trinajstić information content (AvgIpc) is 2.54. The van der Waals surface area contributed by atoms with Crippen molar-refractivity contribution in [1.29, 1.82) is 0 Å². The second kappa shape index (κ2) is 9.12. The largest absolute Gasteiger partial charge is 0.483 e. The molecule has 22 heavy (non-hydrogen) atoms. The molecule has 0 bridgehead atoms. The van der Waals surface area contributed by atoms with Crippen LogP contribution in [-0.4, -0.2) is 56.8 Å². The molecule has 0 aliphatic carbocycles. The number of nitrogens with zero attached hydrogens (tertiary/aromatic N) is 1. The molecule has 5 nitrogen and oxygen atoms in total. The first kappa shape index (κ1) is 17.2. The number of carbonyl (C=O) groups is 1. The maximum absolute atomic E-state index is 11.8. The molecule has 0 saturated carbocycles. The Morgan fingerprint density at radius 2 is 2.18 bits per heavy atom. The quantitative estimate of drug-likeness (QED) is 0.795. The Labute approximate surface area is 140 Å². The fourth-order valence-electron chi connectivity index (χ4n) is 2.25. The van der Waals surface area contributed by atoms with E-state index >= 15 is 0 Å². The predicted octanol–water partition coefficient (Wildman–Crippen LogP) is 1.84. The van der Waals surface area contributed by atoms with Gasteiger partial charge in [-0.3, -0.25) is 9.69 Å². The van der Waals surface area contributed by atoms with E-state index in [9.17, 15) is 4.79 Å². The summed E-state index contributed by atoms with van der Waals surface area (Å²) in [5.41, 5.74) is 1.23. The lowest BCUT2D eigenvalue weighted by Gasteiger charge is -2.26. The van der Waals surface area contributed by atoms with Crippen LogP contribution in [0.15, 0.2) is 22.7 Å². The highest BCUT2D eigenvalue weighted by Gasteiger charge is 2.10. The number of amides is 1. The van der Waals surface area contributed by atoms with Gasteiger partial charge in [-0.15, -0.1) is 0 Å². The fourth-order valence-corrected chi connectivity index (χ4v) is 2.79. The van der Waals surface area contributed by atoms with Crippen molar-refractivity contribution in [3.05, 3.63) is 28.2 Å². The lowest BCUT2D eigenvalue weighted by Crippen LogP contribution is -2.42. The number of hydrogen-bond donors (Lipinski definition) is 1. The number of benzene rings is 1. The first-order valence-electron chi connectivity index (χ1n) is 7.67. The van der Waals surface area contributed by atoms with Crippen LogP contribution in [0.4, 0.5) is 0 Å². The molecule has 1 aromatic rings. The van der Waals surface area contributed by atoms with Crippen molar-refractivity contribution in [3.63, 3.8) is 0 Å². The van der Waals surface area contributed by atoms with Crippen LogP contribution < -0.4 is 10.1 Å². The van der Waals surface area contributed by atoms with Gasteiger partial charge in [-0.2, -0.15) is 0 Å².